The summed E-state index contributed by atoms with van der Waals surface area (Å²) in [5, 5.41) is 0.460. The van der Waals surface area contributed by atoms with Crippen molar-refractivity contribution in [3.63, 3.8) is 0 Å². The Bertz CT molecular complexity index is 823. The average molecular weight is 362 g/mol. The molecule has 24 heavy (non-hydrogen) atoms. The molecule has 0 saturated carbocycles. The molecule has 0 saturated heterocycles. The molecule has 3 aromatic heterocycles. The van der Waals surface area contributed by atoms with Gasteiger partial charge < -0.3 is 9.32 Å². The molecule has 0 N–H and O–H groups in total. The lowest BCUT2D eigenvalue weighted by Crippen LogP contribution is -2.31. The van der Waals surface area contributed by atoms with Crippen LogP contribution < -0.4 is 0 Å². The van der Waals surface area contributed by atoms with E-state index in [1.165, 1.54) is 0 Å². The molecular weight excluding hydrogens is 349 g/mol. The van der Waals surface area contributed by atoms with E-state index in [9.17, 15) is 4.79 Å². The molecule has 0 fully saturated rings. The van der Waals surface area contributed by atoms with Crippen molar-refractivity contribution in [1.29, 1.82) is 0 Å². The predicted octanol–water partition coefficient (Wildman–Crippen LogP) is 4.22. The van der Waals surface area contributed by atoms with Crippen LogP contribution in [0.5, 0.6) is 0 Å². The van der Waals surface area contributed by atoms with E-state index in [-0.39, 0.29) is 28.3 Å². The van der Waals surface area contributed by atoms with Crippen molar-refractivity contribution in [3.05, 3.63) is 82.2 Å². The molecule has 0 aromatic carbocycles. The number of halogens is 2. The molecule has 122 valence electrons. The van der Waals surface area contributed by atoms with Crippen molar-refractivity contribution in [2.24, 2.45) is 0 Å². The van der Waals surface area contributed by atoms with Gasteiger partial charge in [0, 0.05) is 18.9 Å². The zero-order valence-electron chi connectivity index (χ0n) is 12.5. The SMILES string of the molecule is O=C(c1nc(Cl)ccc1Cl)N(Cc1cccnc1)Cc1ccco1. The summed E-state index contributed by atoms with van der Waals surface area (Å²) in [5.41, 5.74) is 0.996. The number of nitrogens with zero attached hydrogens (tertiary/aromatic N) is 3. The number of furan rings is 1. The number of rotatable bonds is 5. The smallest absolute Gasteiger partial charge is 0.274 e. The first-order valence-electron chi connectivity index (χ1n) is 7.16. The highest BCUT2D eigenvalue weighted by Gasteiger charge is 2.22. The summed E-state index contributed by atoms with van der Waals surface area (Å²) in [5.74, 6) is 0.327. The van der Waals surface area contributed by atoms with Crippen LogP contribution in [-0.4, -0.2) is 20.8 Å². The molecule has 0 bridgehead atoms. The fourth-order valence-corrected chi connectivity index (χ4v) is 2.55. The molecule has 3 rings (SSSR count). The van der Waals surface area contributed by atoms with Gasteiger partial charge in [-0.3, -0.25) is 9.78 Å². The maximum atomic E-state index is 12.9. The standard InChI is InChI=1S/C17H13Cl2N3O2/c18-14-5-6-15(19)21-16(14)17(23)22(11-13-4-2-8-24-13)10-12-3-1-7-20-9-12/h1-9H,10-11H2. The van der Waals surface area contributed by atoms with Crippen LogP contribution in [-0.2, 0) is 13.1 Å². The fourth-order valence-electron chi connectivity index (χ4n) is 2.22. The van der Waals surface area contributed by atoms with Gasteiger partial charge in [0.1, 0.15) is 16.6 Å². The molecule has 7 heteroatoms. The van der Waals surface area contributed by atoms with Crippen LogP contribution in [0.25, 0.3) is 0 Å². The topological polar surface area (TPSA) is 59.2 Å². The number of aromatic nitrogens is 2. The number of carbonyl (C=O) groups excluding carboxylic acids is 1. The lowest BCUT2D eigenvalue weighted by molar-refractivity contribution is 0.0711. The van der Waals surface area contributed by atoms with Gasteiger partial charge in [0.15, 0.2) is 0 Å². The van der Waals surface area contributed by atoms with Crippen molar-refractivity contribution in [1.82, 2.24) is 14.9 Å². The van der Waals surface area contributed by atoms with E-state index in [0.717, 1.165) is 5.56 Å². The molecule has 5 nitrogen and oxygen atoms in total. The van der Waals surface area contributed by atoms with Crippen LogP contribution in [0.15, 0.2) is 59.5 Å². The van der Waals surface area contributed by atoms with E-state index in [1.54, 1.807) is 47.8 Å². The van der Waals surface area contributed by atoms with E-state index >= 15 is 0 Å². The summed E-state index contributed by atoms with van der Waals surface area (Å²) in [6, 6.07) is 10.4. The Kier molecular flexibility index (Phi) is 5.13. The maximum Gasteiger partial charge on any atom is 0.274 e. The largest absolute Gasteiger partial charge is 0.467 e. The van der Waals surface area contributed by atoms with Crippen molar-refractivity contribution < 1.29 is 9.21 Å². The normalized spacial score (nSPS) is 10.6. The third-order valence-corrected chi connectivity index (χ3v) is 3.84. The summed E-state index contributed by atoms with van der Waals surface area (Å²) in [6.45, 7) is 0.628. The number of hydrogen-bond acceptors (Lipinski definition) is 4. The fraction of sp³-hybridized carbons (Fsp3) is 0.118. The van der Waals surface area contributed by atoms with Gasteiger partial charge in [0.25, 0.3) is 5.91 Å². The third-order valence-electron chi connectivity index (χ3n) is 3.32. The molecule has 0 spiro atoms. The van der Waals surface area contributed by atoms with Crippen molar-refractivity contribution in [3.8, 4) is 0 Å². The minimum absolute atomic E-state index is 0.111. The van der Waals surface area contributed by atoms with Gasteiger partial charge in [-0.25, -0.2) is 4.98 Å². The van der Waals surface area contributed by atoms with Crippen molar-refractivity contribution >= 4 is 29.1 Å². The van der Waals surface area contributed by atoms with Crippen LogP contribution in [0.4, 0.5) is 0 Å². The molecule has 0 aliphatic rings. The summed E-state index contributed by atoms with van der Waals surface area (Å²) in [6.07, 6.45) is 4.94. The first-order chi connectivity index (χ1) is 11.6. The lowest BCUT2D eigenvalue weighted by atomic mass is 10.2. The lowest BCUT2D eigenvalue weighted by Gasteiger charge is -2.22. The Morgan fingerprint density at radius 2 is 2.00 bits per heavy atom. The third kappa shape index (κ3) is 3.93. The summed E-state index contributed by atoms with van der Waals surface area (Å²) in [7, 11) is 0. The number of carbonyl (C=O) groups is 1. The van der Waals surface area contributed by atoms with E-state index in [0.29, 0.717) is 12.3 Å². The average Bonchev–Trinajstić information content (AvgIpc) is 3.10. The Hall–Kier alpha value is -2.37. The van der Waals surface area contributed by atoms with E-state index in [1.807, 2.05) is 12.1 Å². The highest BCUT2D eigenvalue weighted by atomic mass is 35.5. The Morgan fingerprint density at radius 1 is 1.12 bits per heavy atom. The Balaban J connectivity index is 1.90. The summed E-state index contributed by atoms with van der Waals surface area (Å²) < 4.78 is 5.35. The Morgan fingerprint density at radius 3 is 2.71 bits per heavy atom. The van der Waals surface area contributed by atoms with E-state index in [4.69, 9.17) is 27.6 Å². The summed E-state index contributed by atoms with van der Waals surface area (Å²) in [4.78, 5) is 22.6. The van der Waals surface area contributed by atoms with Gasteiger partial charge in [0.05, 0.1) is 17.8 Å². The molecule has 3 heterocycles. The zero-order chi connectivity index (χ0) is 16.9. The number of pyridine rings is 2. The minimum atomic E-state index is -0.331. The second-order valence-electron chi connectivity index (χ2n) is 5.07. The van der Waals surface area contributed by atoms with Gasteiger partial charge in [-0.05, 0) is 35.9 Å². The molecule has 0 unspecified atom stereocenters. The van der Waals surface area contributed by atoms with Crippen LogP contribution in [0.3, 0.4) is 0 Å². The molecule has 0 aliphatic heterocycles. The Labute approximate surface area is 148 Å². The molecule has 1 amide bonds. The first kappa shape index (κ1) is 16.5. The van der Waals surface area contributed by atoms with Gasteiger partial charge >= 0.3 is 0 Å². The quantitative estimate of drug-likeness (QED) is 0.638. The molecule has 0 aliphatic carbocycles. The van der Waals surface area contributed by atoms with E-state index < -0.39 is 0 Å². The van der Waals surface area contributed by atoms with Crippen LogP contribution in [0.1, 0.15) is 21.8 Å². The van der Waals surface area contributed by atoms with Gasteiger partial charge in [0.2, 0.25) is 0 Å². The molecule has 3 aromatic rings. The van der Waals surface area contributed by atoms with Crippen LogP contribution in [0.2, 0.25) is 10.2 Å². The minimum Gasteiger partial charge on any atom is -0.467 e. The van der Waals surface area contributed by atoms with Crippen LogP contribution >= 0.6 is 23.2 Å². The van der Waals surface area contributed by atoms with Crippen LogP contribution in [0, 0.1) is 0 Å². The van der Waals surface area contributed by atoms with Crippen molar-refractivity contribution in [2.75, 3.05) is 0 Å². The van der Waals surface area contributed by atoms with Gasteiger partial charge in [-0.15, -0.1) is 0 Å². The molecular formula is C17H13Cl2N3O2. The summed E-state index contributed by atoms with van der Waals surface area (Å²) >= 11 is 12.0. The number of amides is 1. The number of hydrogen-bond donors (Lipinski definition) is 0. The van der Waals surface area contributed by atoms with Gasteiger partial charge in [-0.1, -0.05) is 29.3 Å². The monoisotopic (exact) mass is 361 g/mol. The highest BCUT2D eigenvalue weighted by Crippen LogP contribution is 2.21. The zero-order valence-corrected chi connectivity index (χ0v) is 14.0. The highest BCUT2D eigenvalue weighted by molar-refractivity contribution is 6.34. The maximum absolute atomic E-state index is 12.9. The first-order valence-corrected chi connectivity index (χ1v) is 7.91. The molecule has 0 radical (unpaired) electrons. The predicted molar refractivity (Wildman–Crippen MR) is 90.8 cm³/mol. The van der Waals surface area contributed by atoms with E-state index in [2.05, 4.69) is 9.97 Å². The second kappa shape index (κ2) is 7.47. The second-order valence-corrected chi connectivity index (χ2v) is 5.86. The van der Waals surface area contributed by atoms with Gasteiger partial charge in [-0.2, -0.15) is 0 Å². The van der Waals surface area contributed by atoms with Crippen molar-refractivity contribution in [2.45, 2.75) is 13.1 Å². The molecule has 0 atom stereocenters.